The molecule has 0 atom stereocenters. The third kappa shape index (κ3) is 1.97. The Morgan fingerprint density at radius 1 is 1.47 bits per heavy atom. The molecule has 5 heteroatoms. The van der Waals surface area contributed by atoms with Crippen LogP contribution in [0.15, 0.2) is 30.6 Å². The van der Waals surface area contributed by atoms with Crippen LogP contribution in [0.1, 0.15) is 10.5 Å². The highest BCUT2D eigenvalue weighted by molar-refractivity contribution is 5.92. The molecule has 0 unspecified atom stereocenters. The van der Waals surface area contributed by atoms with Crippen LogP contribution in [0.2, 0.25) is 0 Å². The van der Waals surface area contributed by atoms with Gasteiger partial charge in [0.05, 0.1) is 0 Å². The molecule has 0 aliphatic rings. The van der Waals surface area contributed by atoms with E-state index in [0.717, 1.165) is 5.65 Å². The molecule has 0 fully saturated rings. The number of hydrogen-bond acceptors (Lipinski definition) is 3. The second-order valence-electron chi connectivity index (χ2n) is 3.43. The molecule has 1 amide bonds. The highest BCUT2D eigenvalue weighted by Gasteiger charge is 2.10. The maximum absolute atomic E-state index is 11.6. The van der Waals surface area contributed by atoms with Gasteiger partial charge in [-0.25, -0.2) is 9.99 Å². The Bertz CT molecular complexity index is 456. The van der Waals surface area contributed by atoms with E-state index in [1.54, 1.807) is 25.3 Å². The van der Waals surface area contributed by atoms with Gasteiger partial charge in [-0.15, -0.1) is 0 Å². The van der Waals surface area contributed by atoms with Crippen LogP contribution in [-0.4, -0.2) is 34.4 Å². The summed E-state index contributed by atoms with van der Waals surface area (Å²) < 4.78 is 1.81. The maximum Gasteiger partial charge on any atom is 0.285 e. The molecule has 2 aromatic rings. The van der Waals surface area contributed by atoms with Crippen molar-refractivity contribution in [2.24, 2.45) is 0 Å². The van der Waals surface area contributed by atoms with Gasteiger partial charge in [0, 0.05) is 26.5 Å². The summed E-state index contributed by atoms with van der Waals surface area (Å²) >= 11 is 0. The lowest BCUT2D eigenvalue weighted by Gasteiger charge is -2.09. The lowest BCUT2D eigenvalue weighted by atomic mass is 10.5. The monoisotopic (exact) mass is 204 g/mol. The highest BCUT2D eigenvalue weighted by Crippen LogP contribution is 2.03. The number of aromatic nitrogens is 2. The van der Waals surface area contributed by atoms with Gasteiger partial charge in [-0.1, -0.05) is 6.07 Å². The first-order chi connectivity index (χ1) is 7.16. The summed E-state index contributed by atoms with van der Waals surface area (Å²) in [6, 6.07) is 5.63. The van der Waals surface area contributed by atoms with Crippen LogP contribution in [0.5, 0.6) is 0 Å². The number of carbonyl (C=O) groups is 1. The molecular weight excluding hydrogens is 192 g/mol. The van der Waals surface area contributed by atoms with E-state index in [1.165, 1.54) is 0 Å². The molecule has 0 spiro atoms. The molecular formula is C10H12N4O. The summed E-state index contributed by atoms with van der Waals surface area (Å²) in [7, 11) is 3.52. The number of hydrogen-bond donors (Lipinski definition) is 1. The van der Waals surface area contributed by atoms with Crippen LogP contribution in [-0.2, 0) is 0 Å². The molecule has 0 saturated carbocycles. The summed E-state index contributed by atoms with van der Waals surface area (Å²) in [5.74, 6) is -0.205. The van der Waals surface area contributed by atoms with Gasteiger partial charge < -0.3 is 4.40 Å². The van der Waals surface area contributed by atoms with Crippen LogP contribution in [0.3, 0.4) is 0 Å². The lowest BCUT2D eigenvalue weighted by Crippen LogP contribution is -2.36. The molecule has 0 radical (unpaired) electrons. The van der Waals surface area contributed by atoms with Crippen molar-refractivity contribution in [2.45, 2.75) is 0 Å². The number of hydrazine groups is 1. The molecule has 2 heterocycles. The molecule has 0 bridgehead atoms. The quantitative estimate of drug-likeness (QED) is 0.726. The number of amides is 1. The van der Waals surface area contributed by atoms with Crippen molar-refractivity contribution in [1.29, 1.82) is 0 Å². The third-order valence-electron chi connectivity index (χ3n) is 1.92. The van der Waals surface area contributed by atoms with Gasteiger partial charge in [0.25, 0.3) is 5.91 Å². The van der Waals surface area contributed by atoms with Gasteiger partial charge in [0.15, 0.2) is 0 Å². The number of nitrogens with one attached hydrogen (secondary N) is 1. The molecule has 2 rings (SSSR count). The fourth-order valence-corrected chi connectivity index (χ4v) is 1.30. The molecule has 1 N–H and O–H groups in total. The van der Waals surface area contributed by atoms with Gasteiger partial charge in [0.1, 0.15) is 11.3 Å². The maximum atomic E-state index is 11.6. The van der Waals surface area contributed by atoms with Crippen molar-refractivity contribution < 1.29 is 4.79 Å². The fourth-order valence-electron chi connectivity index (χ4n) is 1.30. The van der Waals surface area contributed by atoms with Gasteiger partial charge in [-0.2, -0.15) is 0 Å². The minimum atomic E-state index is -0.205. The predicted molar refractivity (Wildman–Crippen MR) is 56.3 cm³/mol. The summed E-state index contributed by atoms with van der Waals surface area (Å²) in [4.78, 5) is 15.8. The van der Waals surface area contributed by atoms with E-state index in [2.05, 4.69) is 10.4 Å². The normalized spacial score (nSPS) is 10.9. The summed E-state index contributed by atoms with van der Waals surface area (Å²) in [5.41, 5.74) is 3.82. The lowest BCUT2D eigenvalue weighted by molar-refractivity contribution is 0.0852. The molecule has 5 nitrogen and oxygen atoms in total. The Labute approximate surface area is 87.3 Å². The second-order valence-corrected chi connectivity index (χ2v) is 3.43. The average Bonchev–Trinajstić information content (AvgIpc) is 2.59. The molecule has 2 aromatic heterocycles. The number of imidazole rings is 1. The van der Waals surface area contributed by atoms with Crippen LogP contribution in [0.4, 0.5) is 0 Å². The zero-order valence-electron chi connectivity index (χ0n) is 8.64. The van der Waals surface area contributed by atoms with E-state index >= 15 is 0 Å². The standard InChI is InChI=1S/C10H12N4O/c1-13(2)12-10(15)8-7-14-6-4-3-5-9(14)11-8/h3-7H,1-2H3,(H,12,15). The van der Waals surface area contributed by atoms with Crippen molar-refractivity contribution in [3.8, 4) is 0 Å². The molecule has 0 aromatic carbocycles. The zero-order chi connectivity index (χ0) is 10.8. The van der Waals surface area contributed by atoms with Gasteiger partial charge in [-0.3, -0.25) is 10.2 Å². The number of pyridine rings is 1. The Balaban J connectivity index is 2.32. The van der Waals surface area contributed by atoms with Crippen LogP contribution < -0.4 is 5.43 Å². The fraction of sp³-hybridized carbons (Fsp3) is 0.200. The van der Waals surface area contributed by atoms with Crippen LogP contribution >= 0.6 is 0 Å². The van der Waals surface area contributed by atoms with Gasteiger partial charge in [0.2, 0.25) is 0 Å². The van der Waals surface area contributed by atoms with Crippen molar-refractivity contribution in [2.75, 3.05) is 14.1 Å². The van der Waals surface area contributed by atoms with Crippen molar-refractivity contribution in [3.05, 3.63) is 36.3 Å². The largest absolute Gasteiger partial charge is 0.306 e. The molecule has 78 valence electrons. The predicted octanol–water partition coefficient (Wildman–Crippen LogP) is 0.541. The minimum Gasteiger partial charge on any atom is -0.306 e. The van der Waals surface area contributed by atoms with E-state index in [4.69, 9.17) is 0 Å². The first-order valence-corrected chi connectivity index (χ1v) is 4.59. The van der Waals surface area contributed by atoms with E-state index in [1.807, 2.05) is 28.8 Å². The smallest absolute Gasteiger partial charge is 0.285 e. The third-order valence-corrected chi connectivity index (χ3v) is 1.92. The number of nitrogens with zero attached hydrogens (tertiary/aromatic N) is 3. The van der Waals surface area contributed by atoms with Crippen molar-refractivity contribution in [1.82, 2.24) is 19.8 Å². The first-order valence-electron chi connectivity index (χ1n) is 4.59. The Morgan fingerprint density at radius 2 is 2.27 bits per heavy atom. The van der Waals surface area contributed by atoms with E-state index in [0.29, 0.717) is 5.69 Å². The molecule has 15 heavy (non-hydrogen) atoms. The van der Waals surface area contributed by atoms with E-state index in [9.17, 15) is 4.79 Å². The number of carbonyl (C=O) groups excluding carboxylic acids is 1. The summed E-state index contributed by atoms with van der Waals surface area (Å²) in [6.07, 6.45) is 3.56. The zero-order valence-corrected chi connectivity index (χ0v) is 8.64. The second kappa shape index (κ2) is 3.70. The first kappa shape index (κ1) is 9.67. The van der Waals surface area contributed by atoms with Gasteiger partial charge >= 0.3 is 0 Å². The number of fused-ring (bicyclic) bond motifs is 1. The van der Waals surface area contributed by atoms with E-state index < -0.39 is 0 Å². The molecule has 0 saturated heterocycles. The summed E-state index contributed by atoms with van der Waals surface area (Å²) in [5, 5.41) is 1.59. The Morgan fingerprint density at radius 3 is 2.93 bits per heavy atom. The van der Waals surface area contributed by atoms with Crippen LogP contribution in [0.25, 0.3) is 5.65 Å². The average molecular weight is 204 g/mol. The van der Waals surface area contributed by atoms with Gasteiger partial charge in [-0.05, 0) is 12.1 Å². The van der Waals surface area contributed by atoms with Crippen LogP contribution in [0, 0.1) is 0 Å². The van der Waals surface area contributed by atoms with Crippen molar-refractivity contribution in [3.63, 3.8) is 0 Å². The number of rotatable bonds is 2. The highest BCUT2D eigenvalue weighted by atomic mass is 16.2. The van der Waals surface area contributed by atoms with E-state index in [-0.39, 0.29) is 5.91 Å². The SMILES string of the molecule is CN(C)NC(=O)c1cn2ccccc2n1. The molecule has 0 aliphatic carbocycles. The minimum absolute atomic E-state index is 0.205. The molecule has 0 aliphatic heterocycles. The van der Waals surface area contributed by atoms with Crippen molar-refractivity contribution >= 4 is 11.6 Å². The Kier molecular flexibility index (Phi) is 2.39. The topological polar surface area (TPSA) is 49.6 Å². The Hall–Kier alpha value is -1.88. The summed E-state index contributed by atoms with van der Waals surface area (Å²) in [6.45, 7) is 0.